The predicted octanol–water partition coefficient (Wildman–Crippen LogP) is 5.96. The van der Waals surface area contributed by atoms with Crippen LogP contribution in [0.2, 0.25) is 0 Å². The molecule has 0 heteroatoms. The van der Waals surface area contributed by atoms with Crippen LogP contribution in [0.15, 0.2) is 60.7 Å². The summed E-state index contributed by atoms with van der Waals surface area (Å²) in [5, 5.41) is 0. The van der Waals surface area contributed by atoms with Crippen molar-refractivity contribution < 1.29 is 0 Å². The Kier molecular flexibility index (Phi) is 4.89. The lowest BCUT2D eigenvalue weighted by Crippen LogP contribution is -1.92. The molecule has 0 aromatic rings. The molecule has 0 amide bonds. The summed E-state index contributed by atoms with van der Waals surface area (Å²) < 4.78 is 0. The van der Waals surface area contributed by atoms with Crippen molar-refractivity contribution in [1.82, 2.24) is 0 Å². The second kappa shape index (κ2) is 7.26. The zero-order valence-electron chi connectivity index (χ0n) is 12.7. The third kappa shape index (κ3) is 3.64. The smallest absolute Gasteiger partial charge is 0.0149 e. The molecule has 0 fully saturated rings. The average molecular weight is 276 g/mol. The van der Waals surface area contributed by atoms with Crippen molar-refractivity contribution in [2.75, 3.05) is 0 Å². The monoisotopic (exact) mass is 276 g/mol. The van der Waals surface area contributed by atoms with E-state index in [1.165, 1.54) is 67.2 Å². The highest BCUT2D eigenvalue weighted by molar-refractivity contribution is 5.70. The lowest BCUT2D eigenvalue weighted by molar-refractivity contribution is 0.616. The summed E-state index contributed by atoms with van der Waals surface area (Å²) >= 11 is 0. The molecule has 0 aromatic carbocycles. The van der Waals surface area contributed by atoms with E-state index in [-0.39, 0.29) is 0 Å². The summed E-state index contributed by atoms with van der Waals surface area (Å²) in [4.78, 5) is 0. The maximum Gasteiger partial charge on any atom is -0.0149 e. The van der Waals surface area contributed by atoms with Gasteiger partial charge in [-0.15, -0.1) is 0 Å². The molecule has 0 heterocycles. The first-order chi connectivity index (χ1) is 10.4. The minimum Gasteiger partial charge on any atom is -0.0622 e. The Hall–Kier alpha value is -1.82. The maximum atomic E-state index is 2.31. The minimum atomic E-state index is 1.19. The maximum absolute atomic E-state index is 2.31. The second-order valence-electron chi connectivity index (χ2n) is 5.97. The van der Waals surface area contributed by atoms with Crippen molar-refractivity contribution in [3.63, 3.8) is 0 Å². The molecular formula is C21H24. The number of hydrogen-bond donors (Lipinski definition) is 0. The van der Waals surface area contributed by atoms with E-state index in [2.05, 4.69) is 60.7 Å². The van der Waals surface area contributed by atoms with Crippen LogP contribution in [0.5, 0.6) is 0 Å². The molecule has 0 spiro atoms. The lowest BCUT2D eigenvalue weighted by Gasteiger charge is -2.12. The van der Waals surface area contributed by atoms with E-state index in [0.29, 0.717) is 0 Å². The van der Waals surface area contributed by atoms with Gasteiger partial charge >= 0.3 is 0 Å². The van der Waals surface area contributed by atoms with E-state index >= 15 is 0 Å². The van der Waals surface area contributed by atoms with Crippen molar-refractivity contribution in [1.29, 1.82) is 0 Å². The summed E-state index contributed by atoms with van der Waals surface area (Å²) in [6, 6.07) is 22.2. The van der Waals surface area contributed by atoms with E-state index in [1.807, 2.05) is 0 Å². The van der Waals surface area contributed by atoms with Crippen LogP contribution in [-0.4, -0.2) is 0 Å². The molecule has 0 saturated heterocycles. The third-order valence-corrected chi connectivity index (χ3v) is 4.44. The first-order valence-corrected chi connectivity index (χ1v) is 8.28. The molecule has 21 heavy (non-hydrogen) atoms. The molecule has 0 saturated carbocycles. The normalized spacial score (nSPS) is 15.2. The molecule has 3 rings (SSSR count). The standard InChI is InChI=1S/C21H24/c1-2-6-12-18-14-8-4-11-17-21-19(13-7-3-1)15-9-5-10-16-20(18)21/h4-5,8-11,14-17H,1-3,6-7,12-13H2. The van der Waals surface area contributed by atoms with Gasteiger partial charge in [0.2, 0.25) is 0 Å². The number of rotatable bonds is 0. The highest BCUT2D eigenvalue weighted by Crippen LogP contribution is 2.29. The first kappa shape index (κ1) is 14.1. The SMILES string of the molecule is c1ccc2c3cccccc(c-3cc1)CCCCCCC2. The van der Waals surface area contributed by atoms with E-state index in [4.69, 9.17) is 0 Å². The fraction of sp³-hybridized carbons (Fsp3) is 0.333. The topological polar surface area (TPSA) is 0 Å². The molecule has 0 aliphatic heterocycles. The second-order valence-corrected chi connectivity index (χ2v) is 5.97. The van der Waals surface area contributed by atoms with E-state index in [1.54, 1.807) is 0 Å². The van der Waals surface area contributed by atoms with Crippen LogP contribution in [0.1, 0.15) is 43.2 Å². The number of hydrogen-bond acceptors (Lipinski definition) is 0. The van der Waals surface area contributed by atoms with Crippen LogP contribution in [0, 0.1) is 0 Å². The highest BCUT2D eigenvalue weighted by Gasteiger charge is 2.09. The first-order valence-electron chi connectivity index (χ1n) is 8.28. The van der Waals surface area contributed by atoms with Gasteiger partial charge in [0.15, 0.2) is 0 Å². The molecule has 0 N–H and O–H groups in total. The highest BCUT2D eigenvalue weighted by atomic mass is 14.1. The van der Waals surface area contributed by atoms with Gasteiger partial charge in [0.1, 0.15) is 0 Å². The van der Waals surface area contributed by atoms with Crippen molar-refractivity contribution in [2.45, 2.75) is 44.9 Å². The molecule has 3 aliphatic rings. The fourth-order valence-electron chi connectivity index (χ4n) is 3.29. The van der Waals surface area contributed by atoms with Gasteiger partial charge in [-0.25, -0.2) is 0 Å². The van der Waals surface area contributed by atoms with Gasteiger partial charge in [-0.2, -0.15) is 0 Å². The molecule has 108 valence electrons. The van der Waals surface area contributed by atoms with Gasteiger partial charge < -0.3 is 0 Å². The Morgan fingerprint density at radius 2 is 0.857 bits per heavy atom. The minimum absolute atomic E-state index is 1.19. The van der Waals surface area contributed by atoms with Crippen LogP contribution < -0.4 is 0 Å². The zero-order chi connectivity index (χ0) is 14.3. The molecule has 4 bridgehead atoms. The summed E-state index contributed by atoms with van der Waals surface area (Å²) in [6.45, 7) is 0. The van der Waals surface area contributed by atoms with Crippen LogP contribution in [-0.2, 0) is 12.8 Å². The Morgan fingerprint density at radius 3 is 1.38 bits per heavy atom. The molecule has 0 unspecified atom stereocenters. The zero-order valence-corrected chi connectivity index (χ0v) is 12.7. The fourth-order valence-corrected chi connectivity index (χ4v) is 3.29. The van der Waals surface area contributed by atoms with Crippen LogP contribution in [0.3, 0.4) is 0 Å². The Balaban J connectivity index is 2.25. The molecular weight excluding hydrogens is 252 g/mol. The summed E-state index contributed by atoms with van der Waals surface area (Å²) in [6.07, 6.45) is 9.10. The molecule has 0 aromatic heterocycles. The predicted molar refractivity (Wildman–Crippen MR) is 91.2 cm³/mol. The van der Waals surface area contributed by atoms with Gasteiger partial charge in [0, 0.05) is 0 Å². The molecule has 0 atom stereocenters. The Bertz CT molecular complexity index is 556. The van der Waals surface area contributed by atoms with Gasteiger partial charge in [0.25, 0.3) is 0 Å². The summed E-state index contributed by atoms with van der Waals surface area (Å²) in [7, 11) is 0. The van der Waals surface area contributed by atoms with Gasteiger partial charge in [-0.05, 0) is 47.9 Å². The van der Waals surface area contributed by atoms with Crippen molar-refractivity contribution in [3.05, 3.63) is 71.8 Å². The molecule has 0 radical (unpaired) electrons. The average Bonchev–Trinajstić information content (AvgIpc) is 2.49. The number of aryl methyl sites for hydroxylation is 2. The summed E-state index contributed by atoms with van der Waals surface area (Å²) in [5.74, 6) is 0. The van der Waals surface area contributed by atoms with E-state index in [9.17, 15) is 0 Å². The van der Waals surface area contributed by atoms with Crippen LogP contribution in [0.25, 0.3) is 11.1 Å². The Labute approximate surface area is 128 Å². The Morgan fingerprint density at radius 1 is 0.429 bits per heavy atom. The third-order valence-electron chi connectivity index (χ3n) is 4.44. The van der Waals surface area contributed by atoms with Gasteiger partial charge in [0.05, 0.1) is 0 Å². The molecule has 3 aliphatic carbocycles. The van der Waals surface area contributed by atoms with Crippen LogP contribution >= 0.6 is 0 Å². The largest absolute Gasteiger partial charge is 0.0622 e. The summed E-state index contributed by atoms with van der Waals surface area (Å²) in [5.41, 5.74) is 5.83. The lowest BCUT2D eigenvalue weighted by atomic mass is 9.93. The van der Waals surface area contributed by atoms with Crippen molar-refractivity contribution in [3.8, 4) is 11.1 Å². The van der Waals surface area contributed by atoms with Crippen molar-refractivity contribution >= 4 is 0 Å². The van der Waals surface area contributed by atoms with Crippen LogP contribution in [0.4, 0.5) is 0 Å². The quantitative estimate of drug-likeness (QED) is 0.556. The van der Waals surface area contributed by atoms with Gasteiger partial charge in [-0.3, -0.25) is 0 Å². The van der Waals surface area contributed by atoms with Gasteiger partial charge in [-0.1, -0.05) is 79.9 Å². The van der Waals surface area contributed by atoms with Crippen molar-refractivity contribution in [2.24, 2.45) is 0 Å². The molecule has 0 nitrogen and oxygen atoms in total. The van der Waals surface area contributed by atoms with E-state index < -0.39 is 0 Å². The van der Waals surface area contributed by atoms with E-state index in [0.717, 1.165) is 0 Å².